The fourth-order valence-electron chi connectivity index (χ4n) is 13.6. The number of fused-ring (bicyclic) bond motifs is 1. The standard InChI is InChI=1S/C18H15FN2O3.C18H14N2O3.C18H12N2O2.C17H14N2O3.C17H14N2O2.C16H11FN2O2/c1-12(19)24-16-7-5-15(6-8-16)21-10-9-17(20-21)13-3-2-4-14(11-13)18(22)23;21-18(22)14-3-1-2-13(10-14)16-6-8-20(19-16)15-5-4-12-7-9-23-17(12)11-15;1-2-13-5-3-6-14(11-13)17-9-10-20(19-17)16-8-4-7-15(12-16)18(21)22;1-22-15-4-2-3-14(11-15)19-10-9-16(18-19)12-5-7-13(8-6-12)17(20)21;1-12-5-7-15(8-6-12)19-10-9-16(18-19)13-3-2-4-14(11-13)17(20)21;17-13-6-1-2-7-15(13)19-9-8-14(18-19)11-4-3-5-12(10-11)16(20)21/h2-12H,1H3,(H,22,23);1-6,8,10-11H,7,9H2,(H,21,22);1,3-12H,(H,21,22);2-11H,1H3,(H,20,21);2-11H,1H3,(H,20,21);1-10H,(H,20,21). The second kappa shape index (κ2) is 42.2. The molecule has 1 unspecified atom stereocenters. The molecule has 18 aromatic rings. The Balaban J connectivity index is 0.000000128. The van der Waals surface area contributed by atoms with Gasteiger partial charge in [-0.2, -0.15) is 30.6 Å². The molecule has 12 aromatic carbocycles. The van der Waals surface area contributed by atoms with Gasteiger partial charge in [0.1, 0.15) is 28.8 Å². The zero-order valence-corrected chi connectivity index (χ0v) is 71.1. The smallest absolute Gasteiger partial charge is 0.335 e. The van der Waals surface area contributed by atoms with Gasteiger partial charge in [-0.1, -0.05) is 127 Å². The molecule has 660 valence electrons. The molecule has 1 aliphatic rings. The highest BCUT2D eigenvalue weighted by Gasteiger charge is 2.19. The summed E-state index contributed by atoms with van der Waals surface area (Å²) in [5.41, 5.74) is 18.3. The number of carboxylic acids is 6. The van der Waals surface area contributed by atoms with Gasteiger partial charge in [0.25, 0.3) is 0 Å². The van der Waals surface area contributed by atoms with E-state index in [1.54, 1.807) is 219 Å². The molecule has 1 atom stereocenters. The van der Waals surface area contributed by atoms with E-state index in [1.165, 1.54) is 47.0 Å². The summed E-state index contributed by atoms with van der Waals surface area (Å²) in [6.45, 7) is 4.08. The summed E-state index contributed by atoms with van der Waals surface area (Å²) in [5.74, 6) is -1.41. The van der Waals surface area contributed by atoms with Crippen LogP contribution in [0, 0.1) is 25.1 Å². The van der Waals surface area contributed by atoms with E-state index in [0.717, 1.165) is 103 Å². The van der Waals surface area contributed by atoms with Gasteiger partial charge in [-0.25, -0.2) is 65.6 Å². The Kier molecular flexibility index (Phi) is 28.8. The number of ether oxygens (including phenoxy) is 3. The maximum absolute atomic E-state index is 13.7. The van der Waals surface area contributed by atoms with E-state index < -0.39 is 42.2 Å². The third-order valence-electron chi connectivity index (χ3n) is 20.3. The first-order valence-corrected chi connectivity index (χ1v) is 40.9. The molecule has 27 nitrogen and oxygen atoms in total. The molecule has 29 heteroatoms. The Morgan fingerprint density at radius 2 is 0.722 bits per heavy atom. The normalized spacial score (nSPS) is 11.1. The van der Waals surface area contributed by atoms with E-state index in [0.29, 0.717) is 34.1 Å². The lowest BCUT2D eigenvalue weighted by molar-refractivity contribution is 0.0686. The Bertz CT molecular complexity index is 7270. The van der Waals surface area contributed by atoms with Gasteiger partial charge in [-0.15, -0.1) is 6.42 Å². The zero-order valence-electron chi connectivity index (χ0n) is 71.1. The summed E-state index contributed by atoms with van der Waals surface area (Å²) in [6, 6.07) is 93.4. The minimum atomic E-state index is -1.37. The molecule has 1 aliphatic heterocycles. The number of aromatic nitrogens is 12. The van der Waals surface area contributed by atoms with Gasteiger partial charge in [0, 0.05) is 102 Å². The van der Waals surface area contributed by atoms with Crippen LogP contribution in [0.3, 0.4) is 0 Å². The number of aromatic carboxylic acids is 6. The summed E-state index contributed by atoms with van der Waals surface area (Å²) < 4.78 is 52.3. The van der Waals surface area contributed by atoms with Gasteiger partial charge in [-0.05, 0) is 207 Å². The second-order valence-corrected chi connectivity index (χ2v) is 29.4. The monoisotopic (exact) mass is 1770 g/mol. The first-order valence-electron chi connectivity index (χ1n) is 40.9. The average molecular weight is 1780 g/mol. The van der Waals surface area contributed by atoms with Crippen LogP contribution in [0.4, 0.5) is 8.78 Å². The molecule has 0 amide bonds. The highest BCUT2D eigenvalue weighted by atomic mass is 19.1. The van der Waals surface area contributed by atoms with Crippen LogP contribution in [0.5, 0.6) is 17.2 Å². The van der Waals surface area contributed by atoms with Gasteiger partial charge in [0.2, 0.25) is 6.36 Å². The lowest BCUT2D eigenvalue weighted by atomic mass is 10.1. The van der Waals surface area contributed by atoms with Crippen molar-refractivity contribution in [2.24, 2.45) is 0 Å². The van der Waals surface area contributed by atoms with Gasteiger partial charge < -0.3 is 44.8 Å². The number of nitrogens with zero attached hydrogens (tertiary/aromatic N) is 12. The van der Waals surface area contributed by atoms with E-state index >= 15 is 0 Å². The van der Waals surface area contributed by atoms with E-state index in [2.05, 4.69) is 42.6 Å². The predicted molar refractivity (Wildman–Crippen MR) is 495 cm³/mol. The number of alkyl halides is 1. The highest BCUT2D eigenvalue weighted by molar-refractivity contribution is 5.92. The quantitative estimate of drug-likeness (QED) is 0.0364. The fraction of sp³-hybridized carbons (Fsp3) is 0.0577. The summed E-state index contributed by atoms with van der Waals surface area (Å²) in [5, 5.41) is 81.0. The van der Waals surface area contributed by atoms with Crippen molar-refractivity contribution >= 4 is 35.8 Å². The van der Waals surface area contributed by atoms with Crippen molar-refractivity contribution in [1.29, 1.82) is 0 Å². The largest absolute Gasteiger partial charge is 0.497 e. The van der Waals surface area contributed by atoms with Crippen LogP contribution in [0.1, 0.15) is 85.8 Å². The molecule has 0 bridgehead atoms. The van der Waals surface area contributed by atoms with Crippen LogP contribution < -0.4 is 14.2 Å². The number of terminal acetylenes is 1. The number of halogens is 2. The Morgan fingerprint density at radius 1 is 0.361 bits per heavy atom. The Morgan fingerprint density at radius 3 is 1.15 bits per heavy atom. The van der Waals surface area contributed by atoms with Crippen LogP contribution >= 0.6 is 0 Å². The Hall–Kier alpha value is -18.5. The third kappa shape index (κ3) is 23.4. The second-order valence-electron chi connectivity index (χ2n) is 29.4. The lowest BCUT2D eigenvalue weighted by Gasteiger charge is -2.07. The lowest BCUT2D eigenvalue weighted by Crippen LogP contribution is -2.03. The number of hydrogen-bond donors (Lipinski definition) is 6. The van der Waals surface area contributed by atoms with E-state index in [-0.39, 0.29) is 39.2 Å². The maximum atomic E-state index is 13.7. The first-order chi connectivity index (χ1) is 64.3. The van der Waals surface area contributed by atoms with Crippen LogP contribution in [0.25, 0.3) is 102 Å². The predicted octanol–water partition coefficient (Wildman–Crippen LogP) is 20.5. The van der Waals surface area contributed by atoms with Crippen molar-refractivity contribution in [2.45, 2.75) is 26.6 Å². The number of aryl methyl sites for hydroxylation is 1. The Labute approximate surface area is 759 Å². The maximum Gasteiger partial charge on any atom is 0.335 e. The molecule has 0 radical (unpaired) electrons. The highest BCUT2D eigenvalue weighted by Crippen LogP contribution is 2.32. The van der Waals surface area contributed by atoms with Crippen molar-refractivity contribution in [3.05, 3.63) is 415 Å². The van der Waals surface area contributed by atoms with Crippen LogP contribution in [-0.2, 0) is 6.42 Å². The minimum absolute atomic E-state index is 0.188. The minimum Gasteiger partial charge on any atom is -0.497 e. The van der Waals surface area contributed by atoms with Crippen molar-refractivity contribution in [3.8, 4) is 131 Å². The van der Waals surface area contributed by atoms with Crippen molar-refractivity contribution in [1.82, 2.24) is 58.7 Å². The summed E-state index contributed by atoms with van der Waals surface area (Å²) in [7, 11) is 1.62. The average Bonchev–Trinajstić information content (AvgIpc) is 1.67. The molecule has 0 fully saturated rings. The number of rotatable bonds is 21. The molecule has 133 heavy (non-hydrogen) atoms. The van der Waals surface area contributed by atoms with Crippen molar-refractivity contribution in [3.63, 3.8) is 0 Å². The van der Waals surface area contributed by atoms with Crippen molar-refractivity contribution in [2.75, 3.05) is 13.7 Å². The molecule has 6 N–H and O–H groups in total. The van der Waals surface area contributed by atoms with Gasteiger partial charge in [0.15, 0.2) is 0 Å². The number of hydrogen-bond acceptors (Lipinski definition) is 15. The molecule has 6 aromatic heterocycles. The topological polar surface area (TPSA) is 358 Å². The fourth-order valence-corrected chi connectivity index (χ4v) is 13.6. The van der Waals surface area contributed by atoms with E-state index in [9.17, 15) is 37.5 Å². The molecule has 7 heterocycles. The number of para-hydroxylation sites is 1. The van der Waals surface area contributed by atoms with E-state index in [4.69, 9.17) is 51.3 Å². The van der Waals surface area contributed by atoms with Gasteiger partial charge >= 0.3 is 35.8 Å². The third-order valence-corrected chi connectivity index (χ3v) is 20.3. The number of carbonyl (C=O) groups is 6. The van der Waals surface area contributed by atoms with Gasteiger partial charge in [0.05, 0.1) is 110 Å². The number of benzene rings is 12. The van der Waals surface area contributed by atoms with Crippen LogP contribution in [0.2, 0.25) is 0 Å². The molecular weight excluding hydrogens is 1700 g/mol. The number of methoxy groups -OCH3 is 1. The molecule has 0 aliphatic carbocycles. The zero-order chi connectivity index (χ0) is 93.6. The van der Waals surface area contributed by atoms with Crippen LogP contribution in [-0.4, -0.2) is 145 Å². The molecule has 19 rings (SSSR count). The summed E-state index contributed by atoms with van der Waals surface area (Å²) >= 11 is 0. The first kappa shape index (κ1) is 90.8. The molecule has 0 saturated carbocycles. The van der Waals surface area contributed by atoms with Crippen LogP contribution in [0.15, 0.2) is 359 Å². The molecule has 0 saturated heterocycles. The summed E-state index contributed by atoms with van der Waals surface area (Å²) in [4.78, 5) is 66.0. The van der Waals surface area contributed by atoms with Gasteiger partial charge in [-0.3, -0.25) is 0 Å². The van der Waals surface area contributed by atoms with Crippen molar-refractivity contribution < 1.29 is 82.4 Å². The SMILES string of the molecule is C#Cc1cccc(-c2ccn(-c3cccc(C(=O)O)c3)n2)c1.CC(F)Oc1ccc(-n2ccc(-c3cccc(C(=O)O)c3)n2)cc1.COc1cccc(-n2ccc(-c3ccc(C(=O)O)cc3)n2)c1.Cc1ccc(-n2ccc(-c3cccc(C(=O)O)c3)n2)cc1.O=C(O)c1cccc(-c2ccn(-c3ccc4c(c3)OCC4)n2)c1.O=C(O)c1cccc(-c2ccn(-c3ccccc3F)n2)c1. The molecule has 0 spiro atoms. The summed E-state index contributed by atoms with van der Waals surface area (Å²) in [6.07, 6.45) is 15.8. The van der Waals surface area contributed by atoms with E-state index in [1.807, 2.05) is 147 Å². The number of carboxylic acid groups (broad SMARTS) is 6. The molecular formula is C104H80F2N12O15.